The first-order valence-corrected chi connectivity index (χ1v) is 18.9. The quantitative estimate of drug-likeness (QED) is 0.159. The van der Waals surface area contributed by atoms with E-state index in [1.54, 1.807) is 18.2 Å². The SMILES string of the molecule is Cc1ccc(S(=O)(=O)N[C@H](Cc2ccccc2)C(=O)Nc2cccc([C@@H]3O[C@H](CN4CCCCC4)[C@H](C)[C@H](c4ccc(CO)cc4)O3)c2)cc1. The molecule has 2 aliphatic heterocycles. The van der Waals surface area contributed by atoms with Crippen molar-refractivity contribution >= 4 is 21.6 Å². The highest BCUT2D eigenvalue weighted by molar-refractivity contribution is 7.89. The smallest absolute Gasteiger partial charge is 0.242 e. The molecule has 4 aromatic rings. The fraction of sp³-hybridized carbons (Fsp3) is 0.375. The molecule has 264 valence electrons. The minimum atomic E-state index is -3.99. The van der Waals surface area contributed by atoms with Crippen LogP contribution in [0.5, 0.6) is 0 Å². The lowest BCUT2D eigenvalue weighted by Crippen LogP contribution is -2.45. The summed E-state index contributed by atoms with van der Waals surface area (Å²) in [7, 11) is -3.99. The van der Waals surface area contributed by atoms with Gasteiger partial charge in [-0.25, -0.2) is 8.42 Å². The molecule has 2 fully saturated rings. The Morgan fingerprint density at radius 3 is 2.28 bits per heavy atom. The number of aryl methyl sites for hydroxylation is 1. The van der Waals surface area contributed by atoms with Crippen LogP contribution in [-0.2, 0) is 37.3 Å². The number of amides is 1. The van der Waals surface area contributed by atoms with Crippen molar-refractivity contribution in [2.75, 3.05) is 25.0 Å². The van der Waals surface area contributed by atoms with Gasteiger partial charge in [0.05, 0.1) is 23.7 Å². The Morgan fingerprint density at radius 2 is 1.58 bits per heavy atom. The van der Waals surface area contributed by atoms with E-state index in [4.69, 9.17) is 9.47 Å². The molecular formula is C40H47N3O6S. The van der Waals surface area contributed by atoms with Crippen molar-refractivity contribution in [1.29, 1.82) is 0 Å². The lowest BCUT2D eigenvalue weighted by molar-refractivity contribution is -0.276. The van der Waals surface area contributed by atoms with E-state index in [2.05, 4.69) is 21.9 Å². The molecule has 0 radical (unpaired) electrons. The van der Waals surface area contributed by atoms with Crippen LogP contribution in [0, 0.1) is 12.8 Å². The van der Waals surface area contributed by atoms with Gasteiger partial charge in [-0.1, -0.05) is 97.8 Å². The molecule has 2 aliphatic rings. The highest BCUT2D eigenvalue weighted by Crippen LogP contribution is 2.42. The molecule has 2 saturated heterocycles. The first-order chi connectivity index (χ1) is 24.2. The standard InChI is InChI=1S/C40H47N3O6S/c1-28-14-20-35(21-15-28)50(46,47)42-36(24-30-10-5-3-6-11-30)39(45)41-34-13-9-12-33(25-34)40-48-37(26-43-22-7-4-8-23-43)29(2)38(49-40)32-18-16-31(27-44)17-19-32/h3,5-6,9-21,25,29,36-38,40,42,44H,4,7-8,22-24,26-27H2,1-2H3,(H,41,45)/t29-,36+,37+,38+,40+/m0/s1. The number of piperidine rings is 1. The second-order valence-electron chi connectivity index (χ2n) is 13.5. The molecule has 9 nitrogen and oxygen atoms in total. The molecule has 0 unspecified atom stereocenters. The molecule has 5 atom stereocenters. The molecule has 10 heteroatoms. The maximum Gasteiger partial charge on any atom is 0.242 e. The molecule has 6 rings (SSSR count). The number of aliphatic hydroxyl groups excluding tert-OH is 1. The topological polar surface area (TPSA) is 117 Å². The summed E-state index contributed by atoms with van der Waals surface area (Å²) in [6.45, 7) is 6.92. The second kappa shape index (κ2) is 16.4. The number of ether oxygens (including phenoxy) is 2. The van der Waals surface area contributed by atoms with Crippen molar-refractivity contribution in [3.8, 4) is 0 Å². The van der Waals surface area contributed by atoms with Gasteiger partial charge in [0.15, 0.2) is 6.29 Å². The monoisotopic (exact) mass is 697 g/mol. The van der Waals surface area contributed by atoms with E-state index in [0.29, 0.717) is 5.69 Å². The summed E-state index contributed by atoms with van der Waals surface area (Å²) in [5, 5.41) is 12.6. The Hall–Kier alpha value is -3.90. The summed E-state index contributed by atoms with van der Waals surface area (Å²) < 4.78 is 42.8. The van der Waals surface area contributed by atoms with E-state index in [1.807, 2.05) is 79.7 Å². The highest BCUT2D eigenvalue weighted by Gasteiger charge is 2.39. The molecule has 50 heavy (non-hydrogen) atoms. The van der Waals surface area contributed by atoms with Crippen molar-refractivity contribution < 1.29 is 27.8 Å². The summed E-state index contributed by atoms with van der Waals surface area (Å²) in [6.07, 6.45) is 2.74. The van der Waals surface area contributed by atoms with Gasteiger partial charge in [0.25, 0.3) is 0 Å². The van der Waals surface area contributed by atoms with Crippen LogP contribution >= 0.6 is 0 Å². The average molecular weight is 698 g/mol. The summed E-state index contributed by atoms with van der Waals surface area (Å²) in [4.78, 5) is 16.4. The van der Waals surface area contributed by atoms with Crippen LogP contribution < -0.4 is 10.0 Å². The summed E-state index contributed by atoms with van der Waals surface area (Å²) in [5.74, 6) is -0.415. The second-order valence-corrected chi connectivity index (χ2v) is 15.2. The third-order valence-corrected chi connectivity index (χ3v) is 11.2. The van der Waals surface area contributed by atoms with Gasteiger partial charge in [-0.3, -0.25) is 4.79 Å². The van der Waals surface area contributed by atoms with Gasteiger partial charge >= 0.3 is 0 Å². The number of aliphatic hydroxyl groups is 1. The van der Waals surface area contributed by atoms with E-state index in [9.17, 15) is 18.3 Å². The zero-order valence-electron chi connectivity index (χ0n) is 28.7. The van der Waals surface area contributed by atoms with E-state index in [1.165, 1.54) is 31.4 Å². The van der Waals surface area contributed by atoms with Crippen molar-refractivity contribution in [2.45, 2.75) is 75.6 Å². The number of carbonyl (C=O) groups excluding carboxylic acids is 1. The molecule has 3 N–H and O–H groups in total. The molecule has 0 spiro atoms. The van der Waals surface area contributed by atoms with Gasteiger partial charge in [0, 0.05) is 23.7 Å². The van der Waals surface area contributed by atoms with Crippen LogP contribution in [0.15, 0.2) is 108 Å². The third kappa shape index (κ3) is 9.06. The van der Waals surface area contributed by atoms with Crippen molar-refractivity contribution in [3.63, 3.8) is 0 Å². The number of hydrogen-bond acceptors (Lipinski definition) is 7. The Morgan fingerprint density at radius 1 is 0.860 bits per heavy atom. The minimum Gasteiger partial charge on any atom is -0.392 e. The summed E-state index contributed by atoms with van der Waals surface area (Å²) in [6, 6.07) is 30.0. The van der Waals surface area contributed by atoms with Gasteiger partial charge < -0.3 is 24.8 Å². The number of benzene rings is 4. The van der Waals surface area contributed by atoms with E-state index in [0.717, 1.165) is 47.5 Å². The first-order valence-electron chi connectivity index (χ1n) is 17.5. The maximum atomic E-state index is 13.8. The largest absolute Gasteiger partial charge is 0.392 e. The van der Waals surface area contributed by atoms with Crippen LogP contribution in [-0.4, -0.2) is 56.1 Å². The average Bonchev–Trinajstić information content (AvgIpc) is 3.13. The highest BCUT2D eigenvalue weighted by atomic mass is 32.2. The number of hydrogen-bond donors (Lipinski definition) is 3. The molecule has 0 bridgehead atoms. The molecule has 0 aliphatic carbocycles. The predicted molar refractivity (Wildman–Crippen MR) is 194 cm³/mol. The fourth-order valence-corrected chi connectivity index (χ4v) is 7.92. The molecule has 1 amide bonds. The van der Waals surface area contributed by atoms with Crippen molar-refractivity contribution in [3.05, 3.63) is 131 Å². The van der Waals surface area contributed by atoms with Gasteiger partial charge in [-0.15, -0.1) is 0 Å². The minimum absolute atomic E-state index is 0.0250. The molecule has 0 saturated carbocycles. The lowest BCUT2D eigenvalue weighted by Gasteiger charge is -2.43. The fourth-order valence-electron chi connectivity index (χ4n) is 6.73. The zero-order valence-corrected chi connectivity index (χ0v) is 29.5. The predicted octanol–water partition coefficient (Wildman–Crippen LogP) is 6.29. The van der Waals surface area contributed by atoms with E-state index in [-0.39, 0.29) is 36.0 Å². The van der Waals surface area contributed by atoms with E-state index < -0.39 is 28.3 Å². The Kier molecular flexibility index (Phi) is 11.8. The van der Waals surface area contributed by atoms with Gasteiger partial charge in [0.2, 0.25) is 15.9 Å². The number of nitrogens with one attached hydrogen (secondary N) is 2. The molecule has 4 aromatic carbocycles. The lowest BCUT2D eigenvalue weighted by atomic mass is 9.89. The van der Waals surface area contributed by atoms with Crippen LogP contribution in [0.2, 0.25) is 0 Å². The first kappa shape index (κ1) is 35.9. The van der Waals surface area contributed by atoms with Crippen LogP contribution in [0.3, 0.4) is 0 Å². The number of carbonyl (C=O) groups is 1. The molecule has 0 aromatic heterocycles. The Labute approximate surface area is 295 Å². The van der Waals surface area contributed by atoms with Gasteiger partial charge in [-0.2, -0.15) is 4.72 Å². The van der Waals surface area contributed by atoms with Crippen LogP contribution in [0.4, 0.5) is 5.69 Å². The van der Waals surface area contributed by atoms with E-state index >= 15 is 0 Å². The maximum absolute atomic E-state index is 13.8. The van der Waals surface area contributed by atoms with Crippen molar-refractivity contribution in [1.82, 2.24) is 9.62 Å². The molecular weight excluding hydrogens is 651 g/mol. The van der Waals surface area contributed by atoms with Crippen molar-refractivity contribution in [2.24, 2.45) is 5.92 Å². The normalized spacial score (nSPS) is 22.1. The van der Waals surface area contributed by atoms with Crippen LogP contribution in [0.25, 0.3) is 0 Å². The Balaban J connectivity index is 1.23. The van der Waals surface area contributed by atoms with Gasteiger partial charge in [0.1, 0.15) is 6.04 Å². The Bertz CT molecular complexity index is 1810. The number of anilines is 1. The van der Waals surface area contributed by atoms with Crippen LogP contribution in [0.1, 0.15) is 66.4 Å². The summed E-state index contributed by atoms with van der Waals surface area (Å²) in [5.41, 5.74) is 4.86. The summed E-state index contributed by atoms with van der Waals surface area (Å²) >= 11 is 0. The number of rotatable bonds is 12. The zero-order chi connectivity index (χ0) is 35.1. The number of likely N-dealkylation sites (tertiary alicyclic amines) is 1. The third-order valence-electron chi connectivity index (χ3n) is 9.66. The van der Waals surface area contributed by atoms with Gasteiger partial charge in [-0.05, 0) is 80.2 Å². The molecule has 2 heterocycles. The number of nitrogens with zero attached hydrogens (tertiary/aromatic N) is 1. The number of sulfonamides is 1.